The molecule has 3 aliphatic carbocycles. The normalized spacial score (nSPS) is 47.4. The maximum absolute atomic E-state index is 14.3. The number of esters is 3. The average molecular weight is 659 g/mol. The topological polar surface area (TPSA) is 157 Å². The number of hydrogen-bond acceptors (Lipinski definition) is 12. The lowest BCUT2D eigenvalue weighted by Gasteiger charge is -2.61. The van der Waals surface area contributed by atoms with Gasteiger partial charge in [0.2, 0.25) is 5.60 Å². The first-order chi connectivity index (χ1) is 21.8. The molecule has 12 heteroatoms. The number of rotatable bonds is 8. The highest BCUT2D eigenvalue weighted by atomic mass is 16.9. The number of aliphatic hydroxyl groups excluding tert-OH is 1. The van der Waals surface area contributed by atoms with E-state index in [1.807, 2.05) is 20.8 Å². The summed E-state index contributed by atoms with van der Waals surface area (Å²) in [4.78, 5) is 55.3. The van der Waals surface area contributed by atoms with Crippen LogP contribution < -0.4 is 0 Å². The van der Waals surface area contributed by atoms with Gasteiger partial charge in [-0.05, 0) is 31.2 Å². The van der Waals surface area contributed by atoms with Crippen LogP contribution >= 0.6 is 0 Å². The molecule has 0 radical (unpaired) electrons. The lowest BCUT2D eigenvalue weighted by molar-refractivity contribution is -0.392. The fraction of sp³-hybridized carbons (Fsp3) is 0.771. The van der Waals surface area contributed by atoms with Gasteiger partial charge in [0.25, 0.3) is 5.97 Å². The molecule has 4 aliphatic heterocycles. The molecular weight excluding hydrogens is 612 g/mol. The predicted octanol–water partition coefficient (Wildman–Crippen LogP) is 4.11. The second-order valence-electron chi connectivity index (χ2n) is 16.2. The van der Waals surface area contributed by atoms with Crippen molar-refractivity contribution < 1.29 is 57.1 Å². The number of methoxy groups -OCH3 is 1. The molecule has 1 N–H and O–H groups in total. The van der Waals surface area contributed by atoms with Gasteiger partial charge in [-0.3, -0.25) is 19.2 Å². The fourth-order valence-corrected chi connectivity index (χ4v) is 11.5. The van der Waals surface area contributed by atoms with Crippen molar-refractivity contribution in [3.63, 3.8) is 0 Å². The van der Waals surface area contributed by atoms with Crippen molar-refractivity contribution >= 4 is 23.7 Å². The summed E-state index contributed by atoms with van der Waals surface area (Å²) in [6.45, 7) is 14.3. The third-order valence-electron chi connectivity index (χ3n) is 13.3. The van der Waals surface area contributed by atoms with E-state index in [-0.39, 0.29) is 31.5 Å². The summed E-state index contributed by atoms with van der Waals surface area (Å²) < 4.78 is 44.7. The summed E-state index contributed by atoms with van der Waals surface area (Å²) in [5.74, 6) is -5.81. The van der Waals surface area contributed by atoms with Crippen molar-refractivity contribution in [2.45, 2.75) is 128 Å². The summed E-state index contributed by atoms with van der Waals surface area (Å²) in [7, 11) is 1.32. The maximum atomic E-state index is 14.3. The molecule has 8 rings (SSSR count). The molecule has 2 spiro atoms. The molecule has 0 amide bonds. The largest absolute Gasteiger partial charge is 0.472 e. The summed E-state index contributed by atoms with van der Waals surface area (Å²) >= 11 is 0. The van der Waals surface area contributed by atoms with Crippen LogP contribution in [0.15, 0.2) is 23.0 Å². The zero-order valence-corrected chi connectivity index (χ0v) is 28.6. The minimum Gasteiger partial charge on any atom is -0.472 e. The molecule has 47 heavy (non-hydrogen) atoms. The highest BCUT2D eigenvalue weighted by Gasteiger charge is 2.98. The zero-order valence-electron chi connectivity index (χ0n) is 28.6. The van der Waals surface area contributed by atoms with Crippen LogP contribution in [-0.2, 0) is 42.8 Å². The number of carbonyl (C=O) groups excluding carboxylic acids is 4. The van der Waals surface area contributed by atoms with Crippen molar-refractivity contribution in [1.29, 1.82) is 0 Å². The second-order valence-corrected chi connectivity index (χ2v) is 16.2. The van der Waals surface area contributed by atoms with Crippen LogP contribution in [0.1, 0.15) is 97.9 Å². The Morgan fingerprint density at radius 3 is 2.40 bits per heavy atom. The molecule has 3 saturated carbocycles. The standard InChI is InChI=1S/C35H46O12/c1-10-32-17-30(7)21(14-22(36)41-9)29(6)16-33(30)35(26(29)40,44-25(39)18(2)3)27-34(32,47-31(8,45-32)46-33)20(13-23(37)43-27)28(4,5)24(38)19-11-12-42-15-19/h11-12,15,18,20-21,26-27,40H,10,13-14,16-17H2,1-9H3. The molecule has 1 aromatic heterocycles. The maximum Gasteiger partial charge on any atom is 0.309 e. The van der Waals surface area contributed by atoms with Crippen LogP contribution in [0.2, 0.25) is 0 Å². The van der Waals surface area contributed by atoms with E-state index in [9.17, 15) is 24.3 Å². The molecule has 11 atom stereocenters. The van der Waals surface area contributed by atoms with Crippen LogP contribution in [0, 0.1) is 34.0 Å². The van der Waals surface area contributed by atoms with Gasteiger partial charge in [0.1, 0.15) is 29.2 Å². The highest BCUT2D eigenvalue weighted by molar-refractivity contribution is 6.00. The Bertz CT molecular complexity index is 1550. The summed E-state index contributed by atoms with van der Waals surface area (Å²) in [6.07, 6.45) is 0.316. The van der Waals surface area contributed by atoms with E-state index in [4.69, 9.17) is 32.8 Å². The number of furan rings is 1. The van der Waals surface area contributed by atoms with Gasteiger partial charge < -0.3 is 37.9 Å². The Balaban J connectivity index is 1.58. The van der Waals surface area contributed by atoms with Gasteiger partial charge in [-0.1, -0.05) is 48.5 Å². The first-order valence-electron chi connectivity index (χ1n) is 16.6. The van der Waals surface area contributed by atoms with E-state index in [0.29, 0.717) is 12.0 Å². The Kier molecular flexibility index (Phi) is 6.59. The van der Waals surface area contributed by atoms with E-state index in [2.05, 4.69) is 0 Å². The third-order valence-corrected chi connectivity index (χ3v) is 13.3. The lowest BCUT2D eigenvalue weighted by Crippen LogP contribution is -2.80. The van der Waals surface area contributed by atoms with Gasteiger partial charge in [-0.2, -0.15) is 0 Å². The van der Waals surface area contributed by atoms with E-state index in [0.717, 1.165) is 0 Å². The van der Waals surface area contributed by atoms with Gasteiger partial charge in [0.15, 0.2) is 11.9 Å². The number of Topliss-reactive ketones (excluding diaryl/α,β-unsaturated/α-hetero) is 1. The molecule has 5 heterocycles. The van der Waals surface area contributed by atoms with Crippen molar-refractivity contribution in [3.05, 3.63) is 24.2 Å². The molecular formula is C35H46O12. The van der Waals surface area contributed by atoms with Gasteiger partial charge in [-0.25, -0.2) is 0 Å². The van der Waals surface area contributed by atoms with Gasteiger partial charge in [0, 0.05) is 35.5 Å². The van der Waals surface area contributed by atoms with Crippen LogP contribution in [0.3, 0.4) is 0 Å². The van der Waals surface area contributed by atoms with Crippen molar-refractivity contribution in [3.8, 4) is 0 Å². The molecule has 0 aromatic carbocycles. The van der Waals surface area contributed by atoms with Crippen LogP contribution in [-0.4, -0.2) is 76.5 Å². The number of ketones is 1. The molecule has 7 aliphatic rings. The molecule has 5 bridgehead atoms. The first kappa shape index (κ1) is 32.7. The van der Waals surface area contributed by atoms with E-state index < -0.39 is 92.5 Å². The lowest BCUT2D eigenvalue weighted by atomic mass is 9.52. The molecule has 4 saturated heterocycles. The Hall–Kier alpha value is -2.80. The monoisotopic (exact) mass is 658 g/mol. The minimum atomic E-state index is -1.99. The molecule has 258 valence electrons. The fourth-order valence-electron chi connectivity index (χ4n) is 11.5. The SMILES string of the molecule is CCC12CC3(C)C(CC(=O)OC)C4(C)CC35OC(C)(O1)OC21C(C(C)(C)C(=O)c2ccoc2)CC(=O)OC1C5(OC(=O)C(C)C)C4O. The Labute approximate surface area is 274 Å². The molecule has 11 unspecified atom stereocenters. The minimum absolute atomic E-state index is 0.0391. The molecule has 7 fully saturated rings. The zero-order chi connectivity index (χ0) is 34.4. The number of carbonyl (C=O) groups is 4. The number of hydrogen-bond donors (Lipinski definition) is 1. The number of ether oxygens (including phenoxy) is 6. The van der Waals surface area contributed by atoms with Gasteiger partial charge >= 0.3 is 17.9 Å². The van der Waals surface area contributed by atoms with E-state index in [1.165, 1.54) is 19.6 Å². The van der Waals surface area contributed by atoms with Gasteiger partial charge in [0.05, 0.1) is 31.3 Å². The van der Waals surface area contributed by atoms with Crippen molar-refractivity contribution in [1.82, 2.24) is 0 Å². The van der Waals surface area contributed by atoms with E-state index >= 15 is 0 Å². The number of aliphatic hydroxyl groups is 1. The predicted molar refractivity (Wildman–Crippen MR) is 160 cm³/mol. The van der Waals surface area contributed by atoms with Gasteiger partial charge in [-0.15, -0.1) is 0 Å². The van der Waals surface area contributed by atoms with Crippen molar-refractivity contribution in [2.24, 2.45) is 34.0 Å². The van der Waals surface area contributed by atoms with Crippen molar-refractivity contribution in [2.75, 3.05) is 7.11 Å². The number of fused-ring (bicyclic) bond motifs is 1. The highest BCUT2D eigenvalue weighted by Crippen LogP contribution is 2.84. The summed E-state index contributed by atoms with van der Waals surface area (Å²) in [5, 5.41) is 12.8. The smallest absolute Gasteiger partial charge is 0.309 e. The quantitative estimate of drug-likeness (QED) is 0.243. The van der Waals surface area contributed by atoms with Crippen LogP contribution in [0.4, 0.5) is 0 Å². The third kappa shape index (κ3) is 3.48. The summed E-state index contributed by atoms with van der Waals surface area (Å²) in [6, 6.07) is 1.57. The molecule has 12 nitrogen and oxygen atoms in total. The first-order valence-corrected chi connectivity index (χ1v) is 16.6. The summed E-state index contributed by atoms with van der Waals surface area (Å²) in [5.41, 5.74) is -9.54. The second kappa shape index (κ2) is 9.46. The Morgan fingerprint density at radius 1 is 1.11 bits per heavy atom. The molecule has 1 aromatic rings. The van der Waals surface area contributed by atoms with Crippen LogP contribution in [0.5, 0.6) is 0 Å². The Morgan fingerprint density at radius 2 is 1.81 bits per heavy atom. The van der Waals surface area contributed by atoms with E-state index in [1.54, 1.807) is 40.7 Å². The van der Waals surface area contributed by atoms with Crippen LogP contribution in [0.25, 0.3) is 0 Å². The average Bonchev–Trinajstić information content (AvgIpc) is 3.67.